The van der Waals surface area contributed by atoms with Gasteiger partial charge in [-0.2, -0.15) is 0 Å². The molecule has 0 saturated carbocycles. The molecule has 0 aliphatic heterocycles. The number of aromatic hydroxyl groups is 5. The number of phenolic OH excluding ortho intramolecular Hbond substituents is 5. The van der Waals surface area contributed by atoms with Gasteiger partial charge >= 0.3 is 0 Å². The molecule has 0 bridgehead atoms. The van der Waals surface area contributed by atoms with E-state index in [1.54, 1.807) is 0 Å². The van der Waals surface area contributed by atoms with Crippen LogP contribution in [0.5, 0.6) is 28.7 Å². The van der Waals surface area contributed by atoms with Crippen LogP contribution in [0.4, 0.5) is 0 Å². The molecule has 5 radical (unpaired) electrons. The van der Waals surface area contributed by atoms with Crippen LogP contribution >= 0.6 is 11.3 Å². The van der Waals surface area contributed by atoms with Crippen molar-refractivity contribution in [3.05, 3.63) is 28.4 Å². The van der Waals surface area contributed by atoms with Gasteiger partial charge in [0.1, 0.15) is 0 Å². The fourth-order valence-electron chi connectivity index (χ4n) is 1.99. The quantitative estimate of drug-likeness (QED) is 0.174. The van der Waals surface area contributed by atoms with Gasteiger partial charge in [-0.15, -0.1) is 11.3 Å². The number of fused-ring (bicyclic) bond motifs is 2. The van der Waals surface area contributed by atoms with Gasteiger partial charge in [-0.05, 0) is 18.2 Å². The number of rotatable bonds is 0. The van der Waals surface area contributed by atoms with Gasteiger partial charge in [-0.25, -0.2) is 0 Å². The smallest absolute Gasteiger partial charge is 0.201 e. The first-order chi connectivity index (χ1) is 9.41. The average molecular weight is 1430 g/mol. The van der Waals surface area contributed by atoms with Gasteiger partial charge in [0.25, 0.3) is 0 Å². The Morgan fingerprint density at radius 1 is 0.640 bits per heavy atom. The third kappa shape index (κ3) is 7.01. The third-order valence-electron chi connectivity index (χ3n) is 3.01. The first-order valence-corrected chi connectivity index (χ1v) is 6.28. The normalized spacial score (nSPS) is 8.96. The predicted molar refractivity (Wildman–Crippen MR) is 73.9 cm³/mol. The van der Waals surface area contributed by atoms with E-state index < -0.39 is 34.2 Å². The van der Waals surface area contributed by atoms with E-state index in [0.29, 0.717) is 0 Å². The molecular weight excluding hydrogens is 1420 g/mol. The molecule has 0 unspecified atom stereocenters. The summed E-state index contributed by atoms with van der Waals surface area (Å²) in [6.45, 7) is 0. The summed E-state index contributed by atoms with van der Waals surface area (Å²) in [5.74, 6) is -2.87. The molecule has 2 aromatic carbocycles. The number of hydrogen-bond acceptors (Lipinski definition) is 7. The molecule has 0 atom stereocenters. The van der Waals surface area contributed by atoms with Crippen LogP contribution in [0.25, 0.3) is 20.2 Å². The van der Waals surface area contributed by atoms with Crippen LogP contribution in [0, 0.1) is 220 Å². The average Bonchev–Trinajstić information content (AvgIpc) is 2.42. The maximum absolute atomic E-state index is 12.3. The summed E-state index contributed by atoms with van der Waals surface area (Å²) >= 11 is 0.825. The topological polar surface area (TPSA) is 118 Å². The van der Waals surface area contributed by atoms with E-state index in [4.69, 9.17) is 0 Å². The molecule has 12 heteroatoms. The van der Waals surface area contributed by atoms with E-state index in [9.17, 15) is 30.3 Å². The van der Waals surface area contributed by atoms with E-state index in [1.807, 2.05) is 0 Å². The second-order valence-corrected chi connectivity index (χ2v) is 5.23. The zero-order valence-electron chi connectivity index (χ0n) is 12.7. The Morgan fingerprint density at radius 3 is 1.72 bits per heavy atom. The first kappa shape index (κ1) is 34.2. The fourth-order valence-corrected chi connectivity index (χ4v) is 3.12. The van der Waals surface area contributed by atoms with Gasteiger partial charge in [0, 0.05) is 231 Å². The van der Waals surface area contributed by atoms with Crippen LogP contribution in [0.3, 0.4) is 0 Å². The Labute approximate surface area is 325 Å². The van der Waals surface area contributed by atoms with Crippen molar-refractivity contribution in [2.45, 2.75) is 0 Å². The van der Waals surface area contributed by atoms with Crippen LogP contribution in [0.2, 0.25) is 0 Å². The summed E-state index contributed by atoms with van der Waals surface area (Å²) in [6.07, 6.45) is 0. The van der Waals surface area contributed by atoms with Crippen molar-refractivity contribution < 1.29 is 246 Å². The molecule has 0 aliphatic carbocycles. The SMILES string of the molecule is O=c1c2ccc(O)c(O)c2sc2c(O)c(O)c(O)cc12.[Ac].[Ac].[Ac].[Ac].[Ac]. The zero-order valence-corrected chi connectivity index (χ0v) is 37.2. The molecular formula is C13H8Ac5O6S. The van der Waals surface area contributed by atoms with Gasteiger partial charge < -0.3 is 25.5 Å². The van der Waals surface area contributed by atoms with Crippen molar-refractivity contribution in [1.82, 2.24) is 0 Å². The molecule has 117 valence electrons. The summed E-state index contributed by atoms with van der Waals surface area (Å²) < 4.78 is 0.0987. The van der Waals surface area contributed by atoms with Gasteiger partial charge in [-0.3, -0.25) is 4.79 Å². The van der Waals surface area contributed by atoms with Crippen molar-refractivity contribution in [2.24, 2.45) is 0 Å². The van der Waals surface area contributed by atoms with E-state index >= 15 is 0 Å². The van der Waals surface area contributed by atoms with Gasteiger partial charge in [-0.1, -0.05) is 0 Å². The van der Waals surface area contributed by atoms with Crippen molar-refractivity contribution in [2.75, 3.05) is 0 Å². The first-order valence-electron chi connectivity index (χ1n) is 5.47. The van der Waals surface area contributed by atoms with Crippen molar-refractivity contribution in [3.8, 4) is 28.7 Å². The van der Waals surface area contributed by atoms with Crippen LogP contribution in [0.15, 0.2) is 23.0 Å². The molecule has 3 aromatic rings. The monoisotopic (exact) mass is 1430 g/mol. The molecule has 0 saturated heterocycles. The maximum atomic E-state index is 12.3. The molecule has 0 amide bonds. The molecule has 1 aromatic heterocycles. The predicted octanol–water partition coefficient (Wildman–Crippen LogP) is 1.94. The summed E-state index contributed by atoms with van der Waals surface area (Å²) in [4.78, 5) is 12.3. The Hall–Kier alpha value is 4.54. The van der Waals surface area contributed by atoms with Crippen molar-refractivity contribution >= 4 is 31.5 Å². The standard InChI is InChI=1S/C13H8O6S.5Ac/c14-6-2-1-4-8(16)5-3-7(15)9(17)11(19)13(5)20-12(4)10(6)18;;;;;/h1-3,14-15,17-19H;;;;;. The van der Waals surface area contributed by atoms with E-state index in [2.05, 4.69) is 0 Å². The second-order valence-electron chi connectivity index (χ2n) is 4.21. The van der Waals surface area contributed by atoms with Crippen LogP contribution in [-0.2, 0) is 0 Å². The minimum absolute atomic E-state index is 0. The summed E-state index contributed by atoms with van der Waals surface area (Å²) in [5.41, 5.74) is -0.533. The minimum atomic E-state index is -0.743. The fraction of sp³-hybridized carbons (Fsp3) is 0. The van der Waals surface area contributed by atoms with Gasteiger partial charge in [0.15, 0.2) is 28.4 Å². The summed E-state index contributed by atoms with van der Waals surface area (Å²) in [6, 6.07) is 3.56. The Morgan fingerprint density at radius 2 is 1.16 bits per heavy atom. The van der Waals surface area contributed by atoms with E-state index in [-0.39, 0.29) is 240 Å². The molecule has 6 nitrogen and oxygen atoms in total. The maximum Gasteiger partial charge on any atom is 0.201 e. The molecule has 0 spiro atoms. The number of hydrogen-bond donors (Lipinski definition) is 5. The number of phenols is 5. The molecule has 0 aliphatic rings. The number of benzene rings is 2. The third-order valence-corrected chi connectivity index (χ3v) is 4.25. The van der Waals surface area contributed by atoms with Crippen LogP contribution < -0.4 is 5.43 Å². The molecule has 0 fully saturated rings. The Balaban J connectivity index is -0.000000968. The van der Waals surface area contributed by atoms with E-state index in [0.717, 1.165) is 17.4 Å². The molecule has 25 heavy (non-hydrogen) atoms. The van der Waals surface area contributed by atoms with Crippen molar-refractivity contribution in [1.29, 1.82) is 0 Å². The van der Waals surface area contributed by atoms with Crippen LogP contribution in [-0.4, -0.2) is 25.5 Å². The Bertz CT molecular complexity index is 946. The van der Waals surface area contributed by atoms with Crippen molar-refractivity contribution in [3.63, 3.8) is 0 Å². The van der Waals surface area contributed by atoms with Gasteiger partial charge in [0.05, 0.1) is 9.40 Å². The largest absolute Gasteiger partial charge is 0.504 e. The second kappa shape index (κ2) is 14.6. The van der Waals surface area contributed by atoms with Gasteiger partial charge in [0.2, 0.25) is 5.75 Å². The van der Waals surface area contributed by atoms with E-state index in [1.165, 1.54) is 12.1 Å². The van der Waals surface area contributed by atoms with Crippen LogP contribution in [0.1, 0.15) is 0 Å². The summed E-state index contributed by atoms with van der Waals surface area (Å²) in [5, 5.41) is 48.1. The zero-order chi connectivity index (χ0) is 14.6. The molecule has 3 rings (SSSR count). The summed E-state index contributed by atoms with van der Waals surface area (Å²) in [7, 11) is 0. The molecule has 5 N–H and O–H groups in total. The molecule has 1 heterocycles. The Kier molecular flexibility index (Phi) is 19.9. The minimum Gasteiger partial charge on any atom is -0.504 e.